The molecule has 11 heteroatoms. The number of amides is 2. The van der Waals surface area contributed by atoms with E-state index in [-0.39, 0.29) is 6.54 Å². The summed E-state index contributed by atoms with van der Waals surface area (Å²) in [5, 5.41) is 15.8. The van der Waals surface area contributed by atoms with Gasteiger partial charge in [0.05, 0.1) is 6.54 Å². The van der Waals surface area contributed by atoms with E-state index >= 15 is 0 Å². The smallest absolute Gasteiger partial charge is 0.338 e. The minimum atomic E-state index is -1.20. The minimum absolute atomic E-state index is 0.278. The number of carbonyl (C=O) groups excluding carboxylic acids is 4. The first-order valence-electron chi connectivity index (χ1n) is 5.78. The van der Waals surface area contributed by atoms with Gasteiger partial charge in [0.15, 0.2) is 0 Å². The van der Waals surface area contributed by atoms with E-state index < -0.39 is 42.2 Å². The number of carboxylic acids is 2. The Balaban J connectivity index is 0.000000347. The van der Waals surface area contributed by atoms with Crippen LogP contribution in [0.1, 0.15) is 0 Å². The lowest BCUT2D eigenvalue weighted by Crippen LogP contribution is -2.34. The van der Waals surface area contributed by atoms with Gasteiger partial charge in [-0.3, -0.25) is 24.1 Å². The molecule has 0 bridgehead atoms. The standard InChI is InChI=1S/C6H5NO4.C4H2O3.C2H5NO2/c8-4-1-2-5(9)7(4)3-6(10)11;5-3-1-2-4(6)7-3;3-1-2(4)5/h1-2H,3H2,(H,10,11);1-2H;1,3H2,(H,4,5). The molecule has 0 atom stereocenters. The van der Waals surface area contributed by atoms with Gasteiger partial charge in [-0.15, -0.1) is 0 Å². The second-order valence-electron chi connectivity index (χ2n) is 3.66. The molecule has 2 amide bonds. The number of carboxylic acid groups (broad SMARTS) is 2. The van der Waals surface area contributed by atoms with Crippen molar-refractivity contribution in [2.45, 2.75) is 0 Å². The molecule has 0 saturated heterocycles. The van der Waals surface area contributed by atoms with Crippen LogP contribution in [0, 0.1) is 0 Å². The molecule has 124 valence electrons. The summed E-state index contributed by atoms with van der Waals surface area (Å²) in [6, 6.07) is 0. The normalized spacial score (nSPS) is 14.7. The third-order valence-electron chi connectivity index (χ3n) is 1.93. The lowest BCUT2D eigenvalue weighted by Gasteiger charge is -2.08. The summed E-state index contributed by atoms with van der Waals surface area (Å²) in [5.41, 5.74) is 4.57. The number of nitrogens with two attached hydrogens (primary N) is 1. The van der Waals surface area contributed by atoms with Gasteiger partial charge < -0.3 is 20.7 Å². The molecular formula is C12H12N2O9. The maximum atomic E-state index is 10.7. The Kier molecular flexibility index (Phi) is 8.18. The topological polar surface area (TPSA) is 181 Å². The number of esters is 2. The van der Waals surface area contributed by atoms with Gasteiger partial charge in [0.2, 0.25) is 0 Å². The average molecular weight is 328 g/mol. The lowest BCUT2D eigenvalue weighted by atomic mass is 10.5. The maximum absolute atomic E-state index is 10.7. The Morgan fingerprint density at radius 3 is 1.52 bits per heavy atom. The highest BCUT2D eigenvalue weighted by Crippen LogP contribution is 2.01. The van der Waals surface area contributed by atoms with E-state index in [2.05, 4.69) is 10.5 Å². The fraction of sp³-hybridized carbons (Fsp3) is 0.167. The summed E-state index contributed by atoms with van der Waals surface area (Å²) in [6.07, 6.45) is 4.27. The lowest BCUT2D eigenvalue weighted by molar-refractivity contribution is -0.150. The Bertz CT molecular complexity index is 557. The van der Waals surface area contributed by atoms with Crippen molar-refractivity contribution in [3.05, 3.63) is 24.3 Å². The summed E-state index contributed by atoms with van der Waals surface area (Å²) in [4.78, 5) is 61.2. The van der Waals surface area contributed by atoms with Gasteiger partial charge >= 0.3 is 23.9 Å². The molecule has 4 N–H and O–H groups in total. The van der Waals surface area contributed by atoms with Gasteiger partial charge in [-0.2, -0.15) is 0 Å². The Labute approximate surface area is 128 Å². The summed E-state index contributed by atoms with van der Waals surface area (Å²) in [6.45, 7) is -0.843. The van der Waals surface area contributed by atoms with Crippen LogP contribution in [0.25, 0.3) is 0 Å². The van der Waals surface area contributed by atoms with E-state index in [1.807, 2.05) is 0 Å². The highest BCUT2D eigenvalue weighted by Gasteiger charge is 2.24. The number of rotatable bonds is 3. The third kappa shape index (κ3) is 8.52. The molecule has 11 nitrogen and oxygen atoms in total. The quantitative estimate of drug-likeness (QED) is 0.288. The fourth-order valence-electron chi connectivity index (χ4n) is 1.03. The van der Waals surface area contributed by atoms with Crippen LogP contribution in [-0.2, 0) is 33.5 Å². The zero-order valence-corrected chi connectivity index (χ0v) is 11.5. The van der Waals surface area contributed by atoms with E-state index in [9.17, 15) is 28.8 Å². The fourth-order valence-corrected chi connectivity index (χ4v) is 1.03. The van der Waals surface area contributed by atoms with Gasteiger partial charge in [-0.05, 0) is 0 Å². The molecule has 0 fully saturated rings. The second-order valence-corrected chi connectivity index (χ2v) is 3.66. The molecule has 2 aliphatic heterocycles. The first-order chi connectivity index (χ1) is 10.7. The van der Waals surface area contributed by atoms with Crippen LogP contribution in [0.5, 0.6) is 0 Å². The molecule has 0 unspecified atom stereocenters. The van der Waals surface area contributed by atoms with Crippen LogP contribution < -0.4 is 5.73 Å². The summed E-state index contributed by atoms with van der Waals surface area (Å²) >= 11 is 0. The number of carbonyl (C=O) groups is 6. The van der Waals surface area contributed by atoms with Crippen molar-refractivity contribution >= 4 is 35.7 Å². The van der Waals surface area contributed by atoms with Crippen LogP contribution >= 0.6 is 0 Å². The van der Waals surface area contributed by atoms with Gasteiger partial charge in [0.1, 0.15) is 6.54 Å². The highest BCUT2D eigenvalue weighted by molar-refractivity contribution is 6.14. The Hall–Kier alpha value is -3.34. The molecule has 0 aromatic heterocycles. The number of hydrogen-bond donors (Lipinski definition) is 3. The first kappa shape index (κ1) is 19.7. The predicted molar refractivity (Wildman–Crippen MR) is 70.4 cm³/mol. The largest absolute Gasteiger partial charge is 0.480 e. The summed E-state index contributed by atoms with van der Waals surface area (Å²) in [7, 11) is 0. The molecule has 0 saturated carbocycles. The van der Waals surface area contributed by atoms with Crippen LogP contribution in [-0.4, -0.2) is 63.9 Å². The minimum Gasteiger partial charge on any atom is -0.480 e. The molecule has 2 rings (SSSR count). The van der Waals surface area contributed by atoms with Crippen LogP contribution in [0.4, 0.5) is 0 Å². The van der Waals surface area contributed by atoms with Crippen molar-refractivity contribution < 1.29 is 43.7 Å². The molecule has 0 radical (unpaired) electrons. The molecule has 2 heterocycles. The molecule has 2 aliphatic rings. The number of ether oxygens (including phenoxy) is 1. The zero-order valence-electron chi connectivity index (χ0n) is 11.5. The van der Waals surface area contributed by atoms with Gasteiger partial charge in [-0.1, -0.05) is 0 Å². The van der Waals surface area contributed by atoms with E-state index in [1.165, 1.54) is 0 Å². The van der Waals surface area contributed by atoms with Gasteiger partial charge in [0.25, 0.3) is 11.8 Å². The SMILES string of the molecule is NCC(=O)O.O=C(O)CN1C(=O)C=CC1=O.O=C1C=CC(=O)O1. The van der Waals surface area contributed by atoms with E-state index in [0.29, 0.717) is 4.90 Å². The molecule has 0 aromatic carbocycles. The van der Waals surface area contributed by atoms with Crippen molar-refractivity contribution in [2.75, 3.05) is 13.1 Å². The van der Waals surface area contributed by atoms with E-state index in [1.54, 1.807) is 0 Å². The number of cyclic esters (lactones) is 2. The molecule has 0 aromatic rings. The van der Waals surface area contributed by atoms with Gasteiger partial charge in [0, 0.05) is 24.3 Å². The first-order valence-corrected chi connectivity index (χ1v) is 5.78. The van der Waals surface area contributed by atoms with Crippen molar-refractivity contribution in [3.63, 3.8) is 0 Å². The number of aliphatic carboxylic acids is 2. The number of imide groups is 1. The third-order valence-corrected chi connectivity index (χ3v) is 1.93. The summed E-state index contributed by atoms with van der Waals surface area (Å²) < 4.78 is 3.97. The van der Waals surface area contributed by atoms with Crippen LogP contribution in [0.3, 0.4) is 0 Å². The maximum Gasteiger partial charge on any atom is 0.338 e. The van der Waals surface area contributed by atoms with Crippen molar-refractivity contribution in [1.29, 1.82) is 0 Å². The summed E-state index contributed by atoms with van der Waals surface area (Å²) in [5.74, 6) is -4.47. The van der Waals surface area contributed by atoms with Crippen molar-refractivity contribution in [2.24, 2.45) is 5.73 Å². The zero-order chi connectivity index (χ0) is 18.0. The van der Waals surface area contributed by atoms with E-state index in [0.717, 1.165) is 24.3 Å². The van der Waals surface area contributed by atoms with Crippen molar-refractivity contribution in [3.8, 4) is 0 Å². The predicted octanol–water partition coefficient (Wildman–Crippen LogP) is -2.35. The van der Waals surface area contributed by atoms with Gasteiger partial charge in [-0.25, -0.2) is 9.59 Å². The Morgan fingerprint density at radius 2 is 1.30 bits per heavy atom. The molecular weight excluding hydrogens is 316 g/mol. The van der Waals surface area contributed by atoms with Crippen molar-refractivity contribution in [1.82, 2.24) is 4.90 Å². The van der Waals surface area contributed by atoms with E-state index in [4.69, 9.17) is 10.2 Å². The number of nitrogens with zero attached hydrogens (tertiary/aromatic N) is 1. The average Bonchev–Trinajstić information content (AvgIpc) is 2.99. The van der Waals surface area contributed by atoms with Crippen LogP contribution in [0.2, 0.25) is 0 Å². The monoisotopic (exact) mass is 328 g/mol. The Morgan fingerprint density at radius 1 is 0.913 bits per heavy atom. The molecule has 0 aliphatic carbocycles. The van der Waals surface area contributed by atoms with Crippen LogP contribution in [0.15, 0.2) is 24.3 Å². The number of hydrogen-bond acceptors (Lipinski definition) is 8. The second kappa shape index (κ2) is 9.57. The highest BCUT2D eigenvalue weighted by atomic mass is 16.6. The molecule has 23 heavy (non-hydrogen) atoms. The molecule has 0 spiro atoms.